The number of piperazine rings is 1. The molecule has 2 aromatic rings. The molecule has 180 valence electrons. The first-order chi connectivity index (χ1) is 16.4. The van der Waals surface area contributed by atoms with Crippen molar-refractivity contribution in [1.82, 2.24) is 9.80 Å². The van der Waals surface area contributed by atoms with Crippen molar-refractivity contribution in [2.45, 2.75) is 18.9 Å². The number of methoxy groups -OCH3 is 2. The van der Waals surface area contributed by atoms with Gasteiger partial charge in [0.2, 0.25) is 11.8 Å². The van der Waals surface area contributed by atoms with E-state index in [1.54, 1.807) is 26.4 Å². The Morgan fingerprint density at radius 2 is 1.65 bits per heavy atom. The predicted molar refractivity (Wildman–Crippen MR) is 125 cm³/mol. The van der Waals surface area contributed by atoms with Crippen LogP contribution in [0.5, 0.6) is 11.5 Å². The standard InChI is InChI=1S/C24H28N4O6/c1-33-21-8-3-17(15-22(21)34-2)9-10-27-23(29)16-20(24(27)30)26-13-11-25(12-14-26)18-4-6-19(7-5-18)28(31)32/h3-8,15,20H,9-14,16H2,1-2H3. The maximum Gasteiger partial charge on any atom is 0.269 e. The Hall–Kier alpha value is -3.66. The molecule has 2 amide bonds. The number of hydrogen-bond donors (Lipinski definition) is 0. The van der Waals surface area contributed by atoms with E-state index in [2.05, 4.69) is 9.80 Å². The molecule has 0 aromatic heterocycles. The zero-order valence-corrected chi connectivity index (χ0v) is 19.3. The maximum absolute atomic E-state index is 13.1. The molecule has 2 aliphatic rings. The third kappa shape index (κ3) is 4.81. The Labute approximate surface area is 197 Å². The second-order valence-electron chi connectivity index (χ2n) is 8.34. The lowest BCUT2D eigenvalue weighted by atomic mass is 10.1. The van der Waals surface area contributed by atoms with Crippen molar-refractivity contribution in [3.63, 3.8) is 0 Å². The number of likely N-dealkylation sites (tertiary alicyclic amines) is 1. The lowest BCUT2D eigenvalue weighted by Gasteiger charge is -2.38. The van der Waals surface area contributed by atoms with Crippen molar-refractivity contribution in [3.05, 3.63) is 58.1 Å². The molecule has 0 saturated carbocycles. The molecule has 2 heterocycles. The van der Waals surface area contributed by atoms with Crippen molar-refractivity contribution < 1.29 is 24.0 Å². The molecule has 4 rings (SSSR count). The Morgan fingerprint density at radius 1 is 0.971 bits per heavy atom. The average molecular weight is 469 g/mol. The second-order valence-corrected chi connectivity index (χ2v) is 8.34. The first-order valence-electron chi connectivity index (χ1n) is 11.2. The summed E-state index contributed by atoms with van der Waals surface area (Å²) < 4.78 is 10.6. The fourth-order valence-corrected chi connectivity index (χ4v) is 4.54. The second kappa shape index (κ2) is 10.1. The van der Waals surface area contributed by atoms with Crippen molar-refractivity contribution in [2.75, 3.05) is 51.8 Å². The zero-order valence-electron chi connectivity index (χ0n) is 19.3. The lowest BCUT2D eigenvalue weighted by Crippen LogP contribution is -2.52. The molecule has 2 saturated heterocycles. The van der Waals surface area contributed by atoms with Gasteiger partial charge in [-0.05, 0) is 36.2 Å². The van der Waals surface area contributed by atoms with E-state index in [9.17, 15) is 19.7 Å². The smallest absolute Gasteiger partial charge is 0.269 e. The van der Waals surface area contributed by atoms with Gasteiger partial charge >= 0.3 is 0 Å². The van der Waals surface area contributed by atoms with E-state index >= 15 is 0 Å². The summed E-state index contributed by atoms with van der Waals surface area (Å²) in [7, 11) is 3.14. The minimum Gasteiger partial charge on any atom is -0.493 e. The number of nitro groups is 1. The summed E-state index contributed by atoms with van der Waals surface area (Å²) in [6.45, 7) is 2.98. The zero-order chi connectivity index (χ0) is 24.2. The SMILES string of the molecule is COc1ccc(CCN2C(=O)CC(N3CCN(c4ccc([N+](=O)[O-])cc4)CC3)C2=O)cc1OC. The summed E-state index contributed by atoms with van der Waals surface area (Å²) in [4.78, 5) is 41.7. The van der Waals surface area contributed by atoms with Crippen LogP contribution in [0.1, 0.15) is 12.0 Å². The van der Waals surface area contributed by atoms with Crippen LogP contribution in [0.3, 0.4) is 0 Å². The summed E-state index contributed by atoms with van der Waals surface area (Å²) >= 11 is 0. The summed E-state index contributed by atoms with van der Waals surface area (Å²) in [5, 5.41) is 10.9. The summed E-state index contributed by atoms with van der Waals surface area (Å²) in [5.74, 6) is 0.956. The molecule has 34 heavy (non-hydrogen) atoms. The quantitative estimate of drug-likeness (QED) is 0.330. The van der Waals surface area contributed by atoms with Crippen LogP contribution >= 0.6 is 0 Å². The fourth-order valence-electron chi connectivity index (χ4n) is 4.54. The molecule has 1 unspecified atom stereocenters. The van der Waals surface area contributed by atoms with E-state index in [0.717, 1.165) is 11.3 Å². The molecule has 2 aliphatic heterocycles. The Kier molecular flexibility index (Phi) is 6.97. The Morgan fingerprint density at radius 3 is 2.26 bits per heavy atom. The van der Waals surface area contributed by atoms with Gasteiger partial charge in [-0.2, -0.15) is 0 Å². The van der Waals surface area contributed by atoms with Crippen molar-refractivity contribution in [3.8, 4) is 11.5 Å². The molecule has 2 aromatic carbocycles. The highest BCUT2D eigenvalue weighted by molar-refractivity contribution is 6.05. The van der Waals surface area contributed by atoms with E-state index in [4.69, 9.17) is 9.47 Å². The monoisotopic (exact) mass is 468 g/mol. The van der Waals surface area contributed by atoms with Gasteiger partial charge in [0.1, 0.15) is 0 Å². The number of carbonyl (C=O) groups excluding carboxylic acids is 2. The van der Waals surface area contributed by atoms with Gasteiger partial charge in [-0.1, -0.05) is 6.07 Å². The van der Waals surface area contributed by atoms with Gasteiger partial charge in [0.05, 0.1) is 31.6 Å². The predicted octanol–water partition coefficient (Wildman–Crippen LogP) is 2.10. The van der Waals surface area contributed by atoms with Gasteiger partial charge in [0.15, 0.2) is 11.5 Å². The van der Waals surface area contributed by atoms with Gasteiger partial charge in [-0.25, -0.2) is 0 Å². The number of ether oxygens (including phenoxy) is 2. The molecule has 1 atom stereocenters. The highest BCUT2D eigenvalue weighted by Gasteiger charge is 2.42. The number of imide groups is 1. The van der Waals surface area contributed by atoms with Crippen LogP contribution in [0.2, 0.25) is 0 Å². The molecular weight excluding hydrogens is 440 g/mol. The normalized spacial score (nSPS) is 18.9. The number of carbonyl (C=O) groups is 2. The third-order valence-corrected chi connectivity index (χ3v) is 6.47. The number of amides is 2. The lowest BCUT2D eigenvalue weighted by molar-refractivity contribution is -0.384. The first kappa shape index (κ1) is 23.5. The first-order valence-corrected chi connectivity index (χ1v) is 11.2. The largest absolute Gasteiger partial charge is 0.493 e. The van der Waals surface area contributed by atoms with E-state index < -0.39 is 11.0 Å². The molecule has 2 fully saturated rings. The van der Waals surface area contributed by atoms with E-state index in [1.165, 1.54) is 17.0 Å². The highest BCUT2D eigenvalue weighted by atomic mass is 16.6. The highest BCUT2D eigenvalue weighted by Crippen LogP contribution is 2.28. The number of nitro benzene ring substituents is 1. The molecule has 0 spiro atoms. The number of anilines is 1. The topological polar surface area (TPSA) is 105 Å². The molecule has 0 radical (unpaired) electrons. The summed E-state index contributed by atoms with van der Waals surface area (Å²) in [6, 6.07) is 11.6. The summed E-state index contributed by atoms with van der Waals surface area (Å²) in [6.07, 6.45) is 0.737. The van der Waals surface area contributed by atoms with E-state index in [-0.39, 0.29) is 23.9 Å². The fraction of sp³-hybridized carbons (Fsp3) is 0.417. The van der Waals surface area contributed by atoms with Crippen LogP contribution in [-0.4, -0.2) is 79.5 Å². The number of nitrogens with zero attached hydrogens (tertiary/aromatic N) is 4. The summed E-state index contributed by atoms with van der Waals surface area (Å²) in [5.41, 5.74) is 1.93. The van der Waals surface area contributed by atoms with Crippen LogP contribution in [0, 0.1) is 10.1 Å². The van der Waals surface area contributed by atoms with E-state index in [0.29, 0.717) is 50.6 Å². The molecule has 0 bridgehead atoms. The minimum atomic E-state index is -0.433. The van der Waals surface area contributed by atoms with Gasteiger partial charge in [-0.3, -0.25) is 29.5 Å². The van der Waals surface area contributed by atoms with Crippen molar-refractivity contribution in [1.29, 1.82) is 0 Å². The van der Waals surface area contributed by atoms with Gasteiger partial charge in [-0.15, -0.1) is 0 Å². The number of benzene rings is 2. The molecular formula is C24H28N4O6. The van der Waals surface area contributed by atoms with Crippen molar-refractivity contribution in [2.24, 2.45) is 0 Å². The minimum absolute atomic E-state index is 0.0608. The van der Waals surface area contributed by atoms with E-state index in [1.807, 2.05) is 18.2 Å². The van der Waals surface area contributed by atoms with Crippen LogP contribution in [0.25, 0.3) is 0 Å². The Balaban J connectivity index is 1.33. The number of hydrogen-bond acceptors (Lipinski definition) is 8. The van der Waals surface area contributed by atoms with Gasteiger partial charge in [0, 0.05) is 50.5 Å². The molecule has 0 N–H and O–H groups in total. The van der Waals surface area contributed by atoms with Gasteiger partial charge < -0.3 is 14.4 Å². The average Bonchev–Trinajstić information content (AvgIpc) is 3.15. The third-order valence-electron chi connectivity index (χ3n) is 6.47. The molecule has 10 heteroatoms. The van der Waals surface area contributed by atoms with Crippen LogP contribution < -0.4 is 14.4 Å². The van der Waals surface area contributed by atoms with Crippen LogP contribution in [0.15, 0.2) is 42.5 Å². The van der Waals surface area contributed by atoms with Crippen LogP contribution in [-0.2, 0) is 16.0 Å². The van der Waals surface area contributed by atoms with Crippen molar-refractivity contribution >= 4 is 23.2 Å². The number of non-ortho nitro benzene ring substituents is 1. The molecule has 0 aliphatic carbocycles. The molecule has 10 nitrogen and oxygen atoms in total. The Bertz CT molecular complexity index is 1070. The van der Waals surface area contributed by atoms with Gasteiger partial charge in [0.25, 0.3) is 5.69 Å². The maximum atomic E-state index is 13.1. The van der Waals surface area contributed by atoms with Crippen LogP contribution in [0.4, 0.5) is 11.4 Å². The number of rotatable bonds is 8.